The third-order valence-corrected chi connectivity index (χ3v) is 6.42. The van der Waals surface area contributed by atoms with Crippen LogP contribution < -0.4 is 0 Å². The molecule has 7 nitrogen and oxygen atoms in total. The van der Waals surface area contributed by atoms with E-state index in [0.717, 1.165) is 30.7 Å². The molecule has 2 saturated heterocycles. The number of hydrogen-bond acceptors (Lipinski definition) is 5. The standard InChI is InChI=1S/C19H27N3O4/c1-12(2)16-6-15(26-20-16)9-21-7-14-8-22(17(23)13-4-3-5-13)11-19(14,10-21)18(24)25/h6,12-14H,3-5,7-11H2,1-2H3,(H,24,25)/t14-,19-/m0/s1. The first kappa shape index (κ1) is 17.5. The van der Waals surface area contributed by atoms with Gasteiger partial charge in [-0.2, -0.15) is 0 Å². The van der Waals surface area contributed by atoms with Gasteiger partial charge in [-0.05, 0) is 18.8 Å². The number of nitrogens with zero attached hydrogens (tertiary/aromatic N) is 3. The molecule has 3 aliphatic rings. The molecule has 1 N–H and O–H groups in total. The third kappa shape index (κ3) is 2.82. The number of carbonyl (C=O) groups excluding carboxylic acids is 1. The maximum Gasteiger partial charge on any atom is 0.313 e. The summed E-state index contributed by atoms with van der Waals surface area (Å²) in [7, 11) is 0. The van der Waals surface area contributed by atoms with E-state index in [9.17, 15) is 14.7 Å². The zero-order chi connectivity index (χ0) is 18.5. The van der Waals surface area contributed by atoms with Gasteiger partial charge in [0.1, 0.15) is 5.41 Å². The minimum Gasteiger partial charge on any atom is -0.481 e. The Morgan fingerprint density at radius 2 is 2.12 bits per heavy atom. The Morgan fingerprint density at radius 1 is 1.35 bits per heavy atom. The summed E-state index contributed by atoms with van der Waals surface area (Å²) in [5, 5.41) is 14.0. The molecule has 1 aliphatic carbocycles. The van der Waals surface area contributed by atoms with E-state index >= 15 is 0 Å². The molecule has 142 valence electrons. The van der Waals surface area contributed by atoms with Gasteiger partial charge in [0.2, 0.25) is 5.91 Å². The first-order valence-electron chi connectivity index (χ1n) is 9.59. The number of fused-ring (bicyclic) bond motifs is 1. The van der Waals surface area contributed by atoms with Gasteiger partial charge in [0.15, 0.2) is 5.76 Å². The van der Waals surface area contributed by atoms with E-state index in [-0.39, 0.29) is 17.7 Å². The lowest BCUT2D eigenvalue weighted by Crippen LogP contribution is -2.44. The van der Waals surface area contributed by atoms with E-state index in [1.807, 2.05) is 11.0 Å². The van der Waals surface area contributed by atoms with Gasteiger partial charge in [0, 0.05) is 44.1 Å². The highest BCUT2D eigenvalue weighted by Gasteiger charge is 2.58. The van der Waals surface area contributed by atoms with E-state index in [2.05, 4.69) is 23.9 Å². The van der Waals surface area contributed by atoms with Crippen LogP contribution in [0.15, 0.2) is 10.6 Å². The van der Waals surface area contributed by atoms with E-state index in [0.29, 0.717) is 38.6 Å². The second-order valence-electron chi connectivity index (χ2n) is 8.55. The van der Waals surface area contributed by atoms with Gasteiger partial charge in [-0.15, -0.1) is 0 Å². The zero-order valence-corrected chi connectivity index (χ0v) is 15.5. The molecule has 1 aromatic rings. The molecular formula is C19H27N3O4. The number of carboxylic acids is 1. The lowest BCUT2D eigenvalue weighted by molar-refractivity contribution is -0.149. The minimum atomic E-state index is -0.847. The van der Waals surface area contributed by atoms with Crippen LogP contribution in [0.3, 0.4) is 0 Å². The van der Waals surface area contributed by atoms with Gasteiger partial charge >= 0.3 is 5.97 Å². The number of carboxylic acid groups (broad SMARTS) is 1. The van der Waals surface area contributed by atoms with Crippen LogP contribution in [0, 0.1) is 17.3 Å². The monoisotopic (exact) mass is 361 g/mol. The molecule has 3 fully saturated rings. The van der Waals surface area contributed by atoms with Crippen molar-refractivity contribution in [3.05, 3.63) is 17.5 Å². The van der Waals surface area contributed by atoms with Crippen LogP contribution in [-0.4, -0.2) is 58.1 Å². The van der Waals surface area contributed by atoms with Crippen molar-refractivity contribution in [3.8, 4) is 0 Å². The van der Waals surface area contributed by atoms with Gasteiger partial charge in [0.25, 0.3) is 0 Å². The molecule has 3 heterocycles. The molecule has 0 unspecified atom stereocenters. The summed E-state index contributed by atoms with van der Waals surface area (Å²) >= 11 is 0. The number of amides is 1. The van der Waals surface area contributed by atoms with Crippen LogP contribution in [0.25, 0.3) is 0 Å². The number of aromatic nitrogens is 1. The summed E-state index contributed by atoms with van der Waals surface area (Å²) in [6.45, 7) is 6.74. The van der Waals surface area contributed by atoms with Gasteiger partial charge in [0.05, 0.1) is 12.2 Å². The molecule has 0 aromatic carbocycles. The second kappa shape index (κ2) is 6.37. The highest BCUT2D eigenvalue weighted by atomic mass is 16.5. The van der Waals surface area contributed by atoms with Crippen LogP contribution >= 0.6 is 0 Å². The van der Waals surface area contributed by atoms with Gasteiger partial charge in [-0.1, -0.05) is 25.4 Å². The Balaban J connectivity index is 1.44. The fourth-order valence-corrected chi connectivity index (χ4v) is 4.57. The summed E-state index contributed by atoms with van der Waals surface area (Å²) in [5.74, 6) is 0.568. The Bertz CT molecular complexity index is 711. The zero-order valence-electron chi connectivity index (χ0n) is 15.5. The SMILES string of the molecule is CC(C)c1cc(CN2C[C@H]3CN(C(=O)C4CCC4)C[C@@]3(C(=O)O)C2)on1. The number of rotatable bonds is 5. The Morgan fingerprint density at radius 3 is 2.65 bits per heavy atom. The molecule has 0 bridgehead atoms. The van der Waals surface area contributed by atoms with E-state index in [1.54, 1.807) is 0 Å². The second-order valence-corrected chi connectivity index (χ2v) is 8.55. The maximum absolute atomic E-state index is 12.6. The summed E-state index contributed by atoms with van der Waals surface area (Å²) in [6, 6.07) is 1.96. The Hall–Kier alpha value is -1.89. The van der Waals surface area contributed by atoms with Crippen molar-refractivity contribution < 1.29 is 19.2 Å². The normalized spacial score (nSPS) is 29.2. The van der Waals surface area contributed by atoms with Gasteiger partial charge in [-0.25, -0.2) is 0 Å². The number of carbonyl (C=O) groups is 2. The molecule has 1 aromatic heterocycles. The first-order valence-corrected chi connectivity index (χ1v) is 9.59. The molecule has 0 radical (unpaired) electrons. The summed E-state index contributed by atoms with van der Waals surface area (Å²) < 4.78 is 5.41. The van der Waals surface area contributed by atoms with Crippen molar-refractivity contribution >= 4 is 11.9 Å². The smallest absolute Gasteiger partial charge is 0.313 e. The van der Waals surface area contributed by atoms with Crippen molar-refractivity contribution in [2.75, 3.05) is 26.2 Å². The largest absolute Gasteiger partial charge is 0.481 e. The molecule has 1 saturated carbocycles. The average Bonchev–Trinajstić information content (AvgIpc) is 3.18. The Kier molecular flexibility index (Phi) is 4.29. The number of likely N-dealkylation sites (tertiary alicyclic amines) is 2. The highest BCUT2D eigenvalue weighted by Crippen LogP contribution is 2.44. The molecule has 26 heavy (non-hydrogen) atoms. The van der Waals surface area contributed by atoms with Crippen molar-refractivity contribution in [2.24, 2.45) is 17.3 Å². The van der Waals surface area contributed by atoms with Crippen LogP contribution in [0.5, 0.6) is 0 Å². The third-order valence-electron chi connectivity index (χ3n) is 6.42. The van der Waals surface area contributed by atoms with Gasteiger partial charge < -0.3 is 14.5 Å². The summed E-state index contributed by atoms with van der Waals surface area (Å²) in [6.07, 6.45) is 3.02. The molecule has 4 rings (SSSR count). The molecule has 7 heteroatoms. The van der Waals surface area contributed by atoms with Crippen molar-refractivity contribution in [2.45, 2.75) is 45.6 Å². The topological polar surface area (TPSA) is 86.9 Å². The molecule has 1 amide bonds. The average molecular weight is 361 g/mol. The lowest BCUT2D eigenvalue weighted by atomic mass is 9.81. The van der Waals surface area contributed by atoms with Crippen molar-refractivity contribution in [1.82, 2.24) is 15.0 Å². The molecule has 0 spiro atoms. The fourth-order valence-electron chi connectivity index (χ4n) is 4.57. The maximum atomic E-state index is 12.6. The van der Waals surface area contributed by atoms with Crippen LogP contribution in [0.1, 0.15) is 50.5 Å². The fraction of sp³-hybridized carbons (Fsp3) is 0.737. The van der Waals surface area contributed by atoms with E-state index < -0.39 is 11.4 Å². The van der Waals surface area contributed by atoms with Crippen LogP contribution in [0.4, 0.5) is 0 Å². The first-order chi connectivity index (χ1) is 12.4. The highest BCUT2D eigenvalue weighted by molar-refractivity contribution is 5.83. The quantitative estimate of drug-likeness (QED) is 0.862. The van der Waals surface area contributed by atoms with E-state index in [4.69, 9.17) is 4.52 Å². The number of aliphatic carboxylic acids is 1. The summed E-state index contributed by atoms with van der Waals surface area (Å²) in [5.41, 5.74) is 0.0740. The predicted molar refractivity (Wildman–Crippen MR) is 93.3 cm³/mol. The Labute approximate surface area is 153 Å². The van der Waals surface area contributed by atoms with Crippen LogP contribution in [0.2, 0.25) is 0 Å². The number of hydrogen-bond donors (Lipinski definition) is 1. The van der Waals surface area contributed by atoms with Crippen molar-refractivity contribution in [1.29, 1.82) is 0 Å². The van der Waals surface area contributed by atoms with Crippen molar-refractivity contribution in [3.63, 3.8) is 0 Å². The molecular weight excluding hydrogens is 334 g/mol. The van der Waals surface area contributed by atoms with E-state index in [1.165, 1.54) is 0 Å². The lowest BCUT2D eigenvalue weighted by Gasteiger charge is -2.31. The molecule has 2 atom stereocenters. The summed E-state index contributed by atoms with van der Waals surface area (Å²) in [4.78, 5) is 28.6. The molecule has 2 aliphatic heterocycles. The van der Waals surface area contributed by atoms with Crippen LogP contribution in [-0.2, 0) is 16.1 Å². The van der Waals surface area contributed by atoms with Gasteiger partial charge in [-0.3, -0.25) is 14.5 Å². The minimum absolute atomic E-state index is 0.0171. The predicted octanol–water partition coefficient (Wildman–Crippen LogP) is 1.94.